The standard InChI is InChI=1S/C12H21N/c1-4-5-8-13-12-7-6-10(2)9-11(12)3/h1,10-13H,5-9H2,2-3H3. The number of rotatable bonds is 3. The highest BCUT2D eigenvalue weighted by Crippen LogP contribution is 2.28. The Bertz CT molecular complexity index is 180. The predicted molar refractivity (Wildman–Crippen MR) is 57.4 cm³/mol. The zero-order chi connectivity index (χ0) is 9.68. The Morgan fingerprint density at radius 1 is 1.38 bits per heavy atom. The van der Waals surface area contributed by atoms with E-state index in [0.717, 1.165) is 24.8 Å². The molecule has 1 rings (SSSR count). The first-order valence-electron chi connectivity index (χ1n) is 5.41. The van der Waals surface area contributed by atoms with E-state index in [0.29, 0.717) is 6.04 Å². The molecule has 1 fully saturated rings. The van der Waals surface area contributed by atoms with Gasteiger partial charge in [-0.1, -0.05) is 13.8 Å². The van der Waals surface area contributed by atoms with Crippen LogP contribution in [0.1, 0.15) is 39.5 Å². The average molecular weight is 179 g/mol. The molecule has 3 unspecified atom stereocenters. The second kappa shape index (κ2) is 5.29. The van der Waals surface area contributed by atoms with Crippen LogP contribution in [0.4, 0.5) is 0 Å². The molecule has 0 aliphatic heterocycles. The van der Waals surface area contributed by atoms with Crippen LogP contribution in [0.3, 0.4) is 0 Å². The molecule has 1 saturated carbocycles. The summed E-state index contributed by atoms with van der Waals surface area (Å²) in [5.41, 5.74) is 0. The van der Waals surface area contributed by atoms with Crippen molar-refractivity contribution >= 4 is 0 Å². The summed E-state index contributed by atoms with van der Waals surface area (Å²) >= 11 is 0. The topological polar surface area (TPSA) is 12.0 Å². The summed E-state index contributed by atoms with van der Waals surface area (Å²) in [7, 11) is 0. The van der Waals surface area contributed by atoms with Crippen LogP contribution in [0.15, 0.2) is 0 Å². The van der Waals surface area contributed by atoms with Crippen molar-refractivity contribution in [1.82, 2.24) is 5.32 Å². The summed E-state index contributed by atoms with van der Waals surface area (Å²) in [5.74, 6) is 4.41. The maximum absolute atomic E-state index is 5.21. The summed E-state index contributed by atoms with van der Waals surface area (Å²) in [6, 6.07) is 0.713. The van der Waals surface area contributed by atoms with Crippen LogP contribution < -0.4 is 5.32 Å². The van der Waals surface area contributed by atoms with Crippen LogP contribution in [0, 0.1) is 24.2 Å². The van der Waals surface area contributed by atoms with Gasteiger partial charge in [0.15, 0.2) is 0 Å². The van der Waals surface area contributed by atoms with Gasteiger partial charge in [0.05, 0.1) is 0 Å². The van der Waals surface area contributed by atoms with Gasteiger partial charge in [0, 0.05) is 19.0 Å². The lowest BCUT2D eigenvalue weighted by atomic mass is 9.80. The van der Waals surface area contributed by atoms with Crippen LogP contribution >= 0.6 is 0 Å². The fraction of sp³-hybridized carbons (Fsp3) is 0.833. The highest BCUT2D eigenvalue weighted by atomic mass is 14.9. The molecule has 0 saturated heterocycles. The summed E-state index contributed by atoms with van der Waals surface area (Å²) in [4.78, 5) is 0. The second-order valence-corrected chi connectivity index (χ2v) is 4.41. The zero-order valence-electron chi connectivity index (χ0n) is 8.84. The van der Waals surface area contributed by atoms with Crippen molar-refractivity contribution in [3.05, 3.63) is 0 Å². The molecule has 1 aliphatic rings. The maximum Gasteiger partial charge on any atom is 0.0212 e. The van der Waals surface area contributed by atoms with E-state index >= 15 is 0 Å². The first kappa shape index (κ1) is 10.6. The van der Waals surface area contributed by atoms with Gasteiger partial charge in [-0.15, -0.1) is 12.3 Å². The van der Waals surface area contributed by atoms with Crippen molar-refractivity contribution in [3.8, 4) is 12.3 Å². The maximum atomic E-state index is 5.21. The van der Waals surface area contributed by atoms with Crippen LogP contribution in [0.5, 0.6) is 0 Å². The lowest BCUT2D eigenvalue weighted by Crippen LogP contribution is -2.39. The van der Waals surface area contributed by atoms with E-state index in [9.17, 15) is 0 Å². The fourth-order valence-electron chi connectivity index (χ4n) is 2.30. The van der Waals surface area contributed by atoms with Gasteiger partial charge in [0.1, 0.15) is 0 Å². The van der Waals surface area contributed by atoms with Crippen molar-refractivity contribution < 1.29 is 0 Å². The largest absolute Gasteiger partial charge is 0.313 e. The van der Waals surface area contributed by atoms with Gasteiger partial charge >= 0.3 is 0 Å². The van der Waals surface area contributed by atoms with Crippen LogP contribution in [-0.4, -0.2) is 12.6 Å². The van der Waals surface area contributed by atoms with Crippen molar-refractivity contribution in [3.63, 3.8) is 0 Å². The lowest BCUT2D eigenvalue weighted by Gasteiger charge is -2.33. The van der Waals surface area contributed by atoms with E-state index in [1.807, 2.05) is 0 Å². The molecule has 3 atom stereocenters. The molecule has 0 aromatic rings. The summed E-state index contributed by atoms with van der Waals surface area (Å²) in [5, 5.41) is 3.55. The van der Waals surface area contributed by atoms with Gasteiger partial charge in [-0.3, -0.25) is 0 Å². The van der Waals surface area contributed by atoms with Gasteiger partial charge in [0.25, 0.3) is 0 Å². The van der Waals surface area contributed by atoms with Crippen LogP contribution in [0.2, 0.25) is 0 Å². The molecule has 0 aromatic heterocycles. The second-order valence-electron chi connectivity index (χ2n) is 4.41. The quantitative estimate of drug-likeness (QED) is 0.518. The average Bonchev–Trinajstić information content (AvgIpc) is 2.09. The van der Waals surface area contributed by atoms with Gasteiger partial charge in [-0.2, -0.15) is 0 Å². The Labute approximate surface area is 82.3 Å². The van der Waals surface area contributed by atoms with E-state index < -0.39 is 0 Å². The summed E-state index contributed by atoms with van der Waals surface area (Å²) in [6.07, 6.45) is 10.1. The predicted octanol–water partition coefficient (Wildman–Crippen LogP) is 2.42. The van der Waals surface area contributed by atoms with Crippen molar-refractivity contribution in [2.75, 3.05) is 6.54 Å². The monoisotopic (exact) mass is 179 g/mol. The minimum Gasteiger partial charge on any atom is -0.313 e. The molecule has 0 aromatic carbocycles. The first-order chi connectivity index (χ1) is 6.24. The summed E-state index contributed by atoms with van der Waals surface area (Å²) < 4.78 is 0. The number of terminal acetylenes is 1. The highest BCUT2D eigenvalue weighted by Gasteiger charge is 2.24. The third kappa shape index (κ3) is 3.40. The molecule has 0 amide bonds. The molecule has 0 bridgehead atoms. The summed E-state index contributed by atoms with van der Waals surface area (Å²) in [6.45, 7) is 5.69. The third-order valence-electron chi connectivity index (χ3n) is 3.11. The Morgan fingerprint density at radius 3 is 2.77 bits per heavy atom. The zero-order valence-corrected chi connectivity index (χ0v) is 8.84. The molecule has 13 heavy (non-hydrogen) atoms. The third-order valence-corrected chi connectivity index (χ3v) is 3.11. The molecule has 1 nitrogen and oxygen atoms in total. The molecule has 0 heterocycles. The fourth-order valence-corrected chi connectivity index (χ4v) is 2.30. The van der Waals surface area contributed by atoms with Crippen molar-refractivity contribution in [1.29, 1.82) is 0 Å². The van der Waals surface area contributed by atoms with E-state index in [4.69, 9.17) is 6.42 Å². The molecule has 1 heteroatoms. The lowest BCUT2D eigenvalue weighted by molar-refractivity contribution is 0.230. The first-order valence-corrected chi connectivity index (χ1v) is 5.41. The Kier molecular flexibility index (Phi) is 4.32. The van der Waals surface area contributed by atoms with E-state index in [2.05, 4.69) is 25.1 Å². The normalized spacial score (nSPS) is 34.1. The highest BCUT2D eigenvalue weighted by molar-refractivity contribution is 4.86. The van der Waals surface area contributed by atoms with Gasteiger partial charge in [0.2, 0.25) is 0 Å². The molecular weight excluding hydrogens is 158 g/mol. The van der Waals surface area contributed by atoms with Gasteiger partial charge in [-0.25, -0.2) is 0 Å². The van der Waals surface area contributed by atoms with E-state index in [-0.39, 0.29) is 0 Å². The molecule has 0 spiro atoms. The molecule has 74 valence electrons. The number of hydrogen-bond acceptors (Lipinski definition) is 1. The van der Waals surface area contributed by atoms with Gasteiger partial charge in [-0.05, 0) is 31.1 Å². The SMILES string of the molecule is C#CCCNC1CCC(C)CC1C. The molecule has 1 aliphatic carbocycles. The molecular formula is C12H21N. The van der Waals surface area contributed by atoms with Gasteiger partial charge < -0.3 is 5.32 Å². The minimum absolute atomic E-state index is 0.713. The Hall–Kier alpha value is -0.480. The van der Waals surface area contributed by atoms with Crippen LogP contribution in [0.25, 0.3) is 0 Å². The van der Waals surface area contributed by atoms with Crippen molar-refractivity contribution in [2.24, 2.45) is 11.8 Å². The Morgan fingerprint density at radius 2 is 2.15 bits per heavy atom. The van der Waals surface area contributed by atoms with Crippen LogP contribution in [-0.2, 0) is 0 Å². The van der Waals surface area contributed by atoms with E-state index in [1.165, 1.54) is 19.3 Å². The minimum atomic E-state index is 0.713. The smallest absolute Gasteiger partial charge is 0.0212 e. The van der Waals surface area contributed by atoms with E-state index in [1.54, 1.807) is 0 Å². The Balaban J connectivity index is 2.22. The number of nitrogens with one attached hydrogen (secondary N) is 1. The molecule has 0 radical (unpaired) electrons. The van der Waals surface area contributed by atoms with Crippen molar-refractivity contribution in [2.45, 2.75) is 45.6 Å². The number of hydrogen-bond donors (Lipinski definition) is 1. The molecule has 1 N–H and O–H groups in total.